The Labute approximate surface area is 219 Å². The topological polar surface area (TPSA) is 74.1 Å². The summed E-state index contributed by atoms with van der Waals surface area (Å²) >= 11 is 7.44. The summed E-state index contributed by atoms with van der Waals surface area (Å²) in [7, 11) is 0. The maximum atomic E-state index is 12.8. The maximum Gasteiger partial charge on any atom is 0.262 e. The number of hydrogen-bond donors (Lipinski definition) is 1. The molecular weight excluding hydrogens is 492 g/mol. The van der Waals surface area contributed by atoms with Crippen LogP contribution in [0.3, 0.4) is 0 Å². The third kappa shape index (κ3) is 5.22. The van der Waals surface area contributed by atoms with E-state index in [4.69, 9.17) is 16.7 Å². The van der Waals surface area contributed by atoms with Gasteiger partial charge in [0.25, 0.3) is 5.91 Å². The number of amides is 2. The van der Waals surface area contributed by atoms with Crippen LogP contribution in [-0.4, -0.2) is 33.0 Å². The predicted molar refractivity (Wildman–Crippen MR) is 147 cm³/mol. The van der Waals surface area contributed by atoms with Gasteiger partial charge in [0.15, 0.2) is 5.17 Å². The predicted octanol–water partition coefficient (Wildman–Crippen LogP) is 6.08. The van der Waals surface area contributed by atoms with Gasteiger partial charge in [-0.05, 0) is 35.2 Å². The maximum absolute atomic E-state index is 12.8. The van der Waals surface area contributed by atoms with Crippen molar-refractivity contribution >= 4 is 51.7 Å². The number of benzene rings is 3. The van der Waals surface area contributed by atoms with Crippen LogP contribution >= 0.6 is 23.4 Å². The molecule has 0 saturated carbocycles. The molecule has 2 atom stereocenters. The Kier molecular flexibility index (Phi) is 7.20. The van der Waals surface area contributed by atoms with Crippen LogP contribution in [0.4, 0.5) is 5.69 Å². The molecule has 6 nitrogen and oxygen atoms in total. The van der Waals surface area contributed by atoms with Crippen molar-refractivity contribution in [2.45, 2.75) is 37.5 Å². The first-order valence-corrected chi connectivity index (χ1v) is 13.1. The lowest BCUT2D eigenvalue weighted by Crippen LogP contribution is -2.25. The van der Waals surface area contributed by atoms with Crippen LogP contribution in [0.5, 0.6) is 0 Å². The second-order valence-corrected chi connectivity index (χ2v) is 10.2. The first-order chi connectivity index (χ1) is 17.5. The average molecular weight is 517 g/mol. The molecule has 2 aliphatic rings. The largest absolute Gasteiger partial charge is 0.325 e. The van der Waals surface area contributed by atoms with Crippen molar-refractivity contribution in [2.75, 3.05) is 5.32 Å². The Morgan fingerprint density at radius 1 is 1.06 bits per heavy atom. The number of rotatable bonds is 6. The van der Waals surface area contributed by atoms with Gasteiger partial charge in [-0.25, -0.2) is 5.01 Å². The van der Waals surface area contributed by atoms with E-state index in [1.165, 1.54) is 17.3 Å². The highest BCUT2D eigenvalue weighted by Crippen LogP contribution is 2.38. The first kappa shape index (κ1) is 24.3. The number of nitrogens with zero attached hydrogens (tertiary/aromatic N) is 3. The molecule has 2 amide bonds. The summed E-state index contributed by atoms with van der Waals surface area (Å²) in [6.45, 7) is 2.13. The molecule has 2 unspecified atom stereocenters. The van der Waals surface area contributed by atoms with Crippen LogP contribution in [-0.2, 0) is 16.0 Å². The van der Waals surface area contributed by atoms with Gasteiger partial charge in [-0.1, -0.05) is 97.0 Å². The zero-order valence-corrected chi connectivity index (χ0v) is 21.3. The molecule has 8 heteroatoms. The van der Waals surface area contributed by atoms with Crippen LogP contribution in [0, 0.1) is 0 Å². The summed E-state index contributed by atoms with van der Waals surface area (Å²) < 4.78 is 0. The highest BCUT2D eigenvalue weighted by atomic mass is 35.5. The highest BCUT2D eigenvalue weighted by molar-refractivity contribution is 8.15. The Hall–Kier alpha value is -3.42. The van der Waals surface area contributed by atoms with Gasteiger partial charge in [0.2, 0.25) is 5.91 Å². The number of para-hydroxylation sites is 1. The molecule has 1 N–H and O–H groups in total. The lowest BCUT2D eigenvalue weighted by molar-refractivity contribution is -0.121. The minimum absolute atomic E-state index is 0.000678. The van der Waals surface area contributed by atoms with Gasteiger partial charge < -0.3 is 5.32 Å². The van der Waals surface area contributed by atoms with Crippen molar-refractivity contribution in [1.29, 1.82) is 0 Å². The number of anilines is 1. The van der Waals surface area contributed by atoms with Gasteiger partial charge in [0.1, 0.15) is 5.25 Å². The van der Waals surface area contributed by atoms with Gasteiger partial charge in [0, 0.05) is 12.8 Å². The summed E-state index contributed by atoms with van der Waals surface area (Å²) in [5, 5.41) is 9.89. The number of nitrogens with one attached hydrogen (secondary N) is 1. The monoisotopic (exact) mass is 516 g/mol. The summed E-state index contributed by atoms with van der Waals surface area (Å²) in [6.07, 6.45) is 1.66. The molecule has 0 aliphatic carbocycles. The Bertz CT molecular complexity index is 1340. The SMILES string of the molecule is CCc1ccc(C2CC(c3ccccc3)=NN2C2=NC(=O)C(CC(=O)Nc3ccccc3Cl)S2)cc1. The number of aliphatic imine (C=N–C) groups is 1. The summed E-state index contributed by atoms with van der Waals surface area (Å²) in [6, 6.07) is 25.5. The molecule has 2 heterocycles. The minimum atomic E-state index is -0.610. The second-order valence-electron chi connectivity index (χ2n) is 8.64. The molecule has 0 saturated heterocycles. The number of carbonyl (C=O) groups is 2. The molecular formula is C28H25ClN4O2S. The highest BCUT2D eigenvalue weighted by Gasteiger charge is 2.39. The fourth-order valence-corrected chi connectivity index (χ4v) is 5.51. The van der Waals surface area contributed by atoms with E-state index >= 15 is 0 Å². The third-order valence-electron chi connectivity index (χ3n) is 6.23. The quantitative estimate of drug-likeness (QED) is 0.431. The fraction of sp³-hybridized carbons (Fsp3) is 0.214. The van der Waals surface area contributed by atoms with Gasteiger partial charge in [-0.3, -0.25) is 9.59 Å². The van der Waals surface area contributed by atoms with Crippen molar-refractivity contribution < 1.29 is 9.59 Å². The molecule has 182 valence electrons. The molecule has 36 heavy (non-hydrogen) atoms. The lowest BCUT2D eigenvalue weighted by atomic mass is 9.97. The van der Waals surface area contributed by atoms with E-state index < -0.39 is 5.25 Å². The summed E-state index contributed by atoms with van der Waals surface area (Å²) in [4.78, 5) is 29.8. The fourth-order valence-electron chi connectivity index (χ4n) is 4.26. The van der Waals surface area contributed by atoms with Crippen LogP contribution in [0.15, 0.2) is 89.0 Å². The van der Waals surface area contributed by atoms with E-state index in [-0.39, 0.29) is 24.3 Å². The number of hydrazone groups is 1. The first-order valence-electron chi connectivity index (χ1n) is 11.9. The van der Waals surface area contributed by atoms with Gasteiger partial charge >= 0.3 is 0 Å². The number of hydrogen-bond acceptors (Lipinski definition) is 5. The average Bonchev–Trinajstić information content (AvgIpc) is 3.50. The van der Waals surface area contributed by atoms with Gasteiger partial charge in [-0.15, -0.1) is 0 Å². The van der Waals surface area contributed by atoms with Gasteiger partial charge in [-0.2, -0.15) is 10.1 Å². The molecule has 5 rings (SSSR count). The van der Waals surface area contributed by atoms with Gasteiger partial charge in [0.05, 0.1) is 22.5 Å². The molecule has 2 aliphatic heterocycles. The Morgan fingerprint density at radius 2 is 1.78 bits per heavy atom. The molecule has 0 bridgehead atoms. The number of thioether (sulfide) groups is 1. The number of aryl methyl sites for hydroxylation is 1. The second kappa shape index (κ2) is 10.7. The number of halogens is 1. The van der Waals surface area contributed by atoms with E-state index in [2.05, 4.69) is 41.5 Å². The minimum Gasteiger partial charge on any atom is -0.325 e. The number of carbonyl (C=O) groups excluding carboxylic acids is 2. The van der Waals surface area contributed by atoms with Crippen molar-refractivity contribution in [3.8, 4) is 0 Å². The molecule has 3 aromatic rings. The molecule has 0 aromatic heterocycles. The lowest BCUT2D eigenvalue weighted by Gasteiger charge is -2.23. The van der Waals surface area contributed by atoms with E-state index in [9.17, 15) is 9.59 Å². The van der Waals surface area contributed by atoms with E-state index in [0.717, 1.165) is 23.3 Å². The molecule has 0 spiro atoms. The standard InChI is InChI=1S/C28H25ClN4O2S/c1-2-18-12-14-20(15-13-18)24-16-23(19-8-4-3-5-9-19)32-33(24)28-31-27(35)25(36-28)17-26(34)30-22-11-7-6-10-21(22)29/h3-15,24-25H,2,16-17H2,1H3,(H,30,34). The summed E-state index contributed by atoms with van der Waals surface area (Å²) in [5.41, 5.74) is 4.88. The zero-order valence-electron chi connectivity index (χ0n) is 19.7. The third-order valence-corrected chi connectivity index (χ3v) is 7.71. The summed E-state index contributed by atoms with van der Waals surface area (Å²) in [5.74, 6) is -0.611. The van der Waals surface area contributed by atoms with Crippen molar-refractivity contribution in [3.63, 3.8) is 0 Å². The van der Waals surface area contributed by atoms with E-state index in [1.54, 1.807) is 24.3 Å². The van der Waals surface area contributed by atoms with Crippen LogP contribution in [0.2, 0.25) is 5.02 Å². The van der Waals surface area contributed by atoms with Crippen molar-refractivity contribution in [2.24, 2.45) is 10.1 Å². The Morgan fingerprint density at radius 3 is 2.50 bits per heavy atom. The van der Waals surface area contributed by atoms with Crippen molar-refractivity contribution in [3.05, 3.63) is 101 Å². The Balaban J connectivity index is 1.35. The zero-order chi connectivity index (χ0) is 25.1. The normalized spacial score (nSPS) is 19.3. The van der Waals surface area contributed by atoms with Crippen LogP contribution in [0.1, 0.15) is 42.5 Å². The van der Waals surface area contributed by atoms with E-state index in [0.29, 0.717) is 22.3 Å². The number of amidine groups is 1. The smallest absolute Gasteiger partial charge is 0.262 e. The molecule has 3 aromatic carbocycles. The van der Waals surface area contributed by atoms with Crippen molar-refractivity contribution in [1.82, 2.24) is 5.01 Å². The van der Waals surface area contributed by atoms with Crippen LogP contribution < -0.4 is 5.32 Å². The molecule has 0 fully saturated rings. The van der Waals surface area contributed by atoms with E-state index in [1.807, 2.05) is 35.3 Å². The molecule has 0 radical (unpaired) electrons. The van der Waals surface area contributed by atoms with Crippen LogP contribution in [0.25, 0.3) is 0 Å².